The minimum absolute atomic E-state index is 0.0144. The number of benzene rings is 1. The topological polar surface area (TPSA) is 111 Å². The largest absolute Gasteiger partial charge is 0.449 e. The van der Waals surface area contributed by atoms with Gasteiger partial charge in [0.05, 0.1) is 17.1 Å². The zero-order chi connectivity index (χ0) is 20.8. The first-order chi connectivity index (χ1) is 12.4. The highest BCUT2D eigenvalue weighted by Crippen LogP contribution is 2.13. The van der Waals surface area contributed by atoms with Crippen molar-refractivity contribution >= 4 is 21.9 Å². The van der Waals surface area contributed by atoms with Crippen LogP contribution < -0.4 is 10.0 Å². The van der Waals surface area contributed by atoms with Crippen LogP contribution in [0.3, 0.4) is 0 Å². The predicted octanol–water partition coefficient (Wildman–Crippen LogP) is 1.46. The Balaban J connectivity index is 2.78. The number of rotatable bonds is 8. The van der Waals surface area contributed by atoms with Gasteiger partial charge in [-0.3, -0.25) is 4.79 Å². The lowest BCUT2D eigenvalue weighted by atomic mass is 10.1. The fourth-order valence-electron chi connectivity index (χ4n) is 2.14. The number of carbonyl (C=O) groups excluding carboxylic acids is 2. The van der Waals surface area contributed by atoms with E-state index in [4.69, 9.17) is 9.47 Å². The van der Waals surface area contributed by atoms with Crippen LogP contribution in [0.1, 0.15) is 45.0 Å². The van der Waals surface area contributed by atoms with Gasteiger partial charge in [-0.25, -0.2) is 17.9 Å². The molecule has 2 N–H and O–H groups in total. The molecule has 8 nitrogen and oxygen atoms in total. The third-order valence-corrected chi connectivity index (χ3v) is 4.93. The zero-order valence-corrected chi connectivity index (χ0v) is 17.3. The molecular weight excluding hydrogens is 372 g/mol. The summed E-state index contributed by atoms with van der Waals surface area (Å²) >= 11 is 0. The van der Waals surface area contributed by atoms with Crippen molar-refractivity contribution in [2.75, 3.05) is 13.7 Å². The van der Waals surface area contributed by atoms with Crippen molar-refractivity contribution < 1.29 is 27.5 Å². The molecular formula is C18H28N2O6S. The minimum Gasteiger partial charge on any atom is -0.449 e. The number of ether oxygens (including phenoxy) is 2. The third-order valence-electron chi connectivity index (χ3n) is 3.32. The van der Waals surface area contributed by atoms with Gasteiger partial charge in [0.2, 0.25) is 10.0 Å². The lowest BCUT2D eigenvalue weighted by Gasteiger charge is -2.23. The molecule has 1 aromatic carbocycles. The van der Waals surface area contributed by atoms with Crippen molar-refractivity contribution in [3.05, 3.63) is 29.8 Å². The number of hydrogen-bond acceptors (Lipinski definition) is 6. The number of methoxy groups -OCH3 is 1. The number of nitrogens with one attached hydrogen (secondary N) is 2. The SMILES string of the molecule is COC[C@H](C)NS(=O)(=O)c1ccc(C(=O)O[C@H](C)C(=O)NC(C)(C)C)cc1. The lowest BCUT2D eigenvalue weighted by molar-refractivity contribution is -0.130. The van der Waals surface area contributed by atoms with Crippen LogP contribution in [-0.2, 0) is 24.3 Å². The maximum Gasteiger partial charge on any atom is 0.338 e. The van der Waals surface area contributed by atoms with Crippen LogP contribution >= 0.6 is 0 Å². The molecule has 0 fully saturated rings. The number of esters is 1. The summed E-state index contributed by atoms with van der Waals surface area (Å²) in [4.78, 5) is 24.2. The van der Waals surface area contributed by atoms with E-state index in [2.05, 4.69) is 10.0 Å². The Morgan fingerprint density at radius 1 is 1.11 bits per heavy atom. The number of amides is 1. The van der Waals surface area contributed by atoms with Crippen LogP contribution in [0.4, 0.5) is 0 Å². The zero-order valence-electron chi connectivity index (χ0n) is 16.5. The first-order valence-corrected chi connectivity index (χ1v) is 9.98. The Morgan fingerprint density at radius 3 is 2.15 bits per heavy atom. The van der Waals surface area contributed by atoms with E-state index < -0.39 is 39.6 Å². The summed E-state index contributed by atoms with van der Waals surface area (Å²) < 4.78 is 37.0. The summed E-state index contributed by atoms with van der Waals surface area (Å²) in [5.41, 5.74) is -0.296. The van der Waals surface area contributed by atoms with Gasteiger partial charge in [0.15, 0.2) is 6.10 Å². The molecule has 0 aromatic heterocycles. The Kier molecular flexibility index (Phi) is 7.94. The highest BCUT2D eigenvalue weighted by atomic mass is 32.2. The van der Waals surface area contributed by atoms with Crippen molar-refractivity contribution in [1.82, 2.24) is 10.0 Å². The average Bonchev–Trinajstić information content (AvgIpc) is 2.53. The second-order valence-electron chi connectivity index (χ2n) is 7.29. The van der Waals surface area contributed by atoms with Crippen LogP contribution in [0.2, 0.25) is 0 Å². The Morgan fingerprint density at radius 2 is 1.67 bits per heavy atom. The smallest absolute Gasteiger partial charge is 0.338 e. The highest BCUT2D eigenvalue weighted by molar-refractivity contribution is 7.89. The van der Waals surface area contributed by atoms with Gasteiger partial charge >= 0.3 is 5.97 Å². The van der Waals surface area contributed by atoms with Gasteiger partial charge in [0.1, 0.15) is 0 Å². The van der Waals surface area contributed by atoms with Crippen molar-refractivity contribution in [2.45, 2.75) is 57.2 Å². The van der Waals surface area contributed by atoms with E-state index in [0.29, 0.717) is 0 Å². The Bertz CT molecular complexity index is 753. The molecule has 0 bridgehead atoms. The van der Waals surface area contributed by atoms with Gasteiger partial charge in [-0.1, -0.05) is 0 Å². The highest BCUT2D eigenvalue weighted by Gasteiger charge is 2.23. The summed E-state index contributed by atoms with van der Waals surface area (Å²) in [7, 11) is -2.25. The molecule has 1 rings (SSSR count). The number of carbonyl (C=O) groups is 2. The third kappa shape index (κ3) is 7.66. The van der Waals surface area contributed by atoms with E-state index in [1.807, 2.05) is 20.8 Å². The van der Waals surface area contributed by atoms with Gasteiger partial charge in [0.25, 0.3) is 5.91 Å². The van der Waals surface area contributed by atoms with Crippen molar-refractivity contribution in [2.24, 2.45) is 0 Å². The molecule has 0 saturated carbocycles. The summed E-state index contributed by atoms with van der Waals surface area (Å²) in [5.74, 6) is -1.12. The summed E-state index contributed by atoms with van der Waals surface area (Å²) in [6.45, 7) is 8.84. The second kappa shape index (κ2) is 9.29. The first kappa shape index (κ1) is 23.1. The molecule has 0 aliphatic rings. The Labute approximate surface area is 160 Å². The van der Waals surface area contributed by atoms with Crippen molar-refractivity contribution in [3.63, 3.8) is 0 Å². The van der Waals surface area contributed by atoms with Gasteiger partial charge in [0, 0.05) is 18.7 Å². The number of sulfonamides is 1. The van der Waals surface area contributed by atoms with Crippen LogP contribution in [0.25, 0.3) is 0 Å². The fourth-order valence-corrected chi connectivity index (χ4v) is 3.37. The van der Waals surface area contributed by atoms with Gasteiger partial charge in [-0.05, 0) is 58.9 Å². The van der Waals surface area contributed by atoms with Crippen molar-refractivity contribution in [3.8, 4) is 0 Å². The molecule has 0 spiro atoms. The van der Waals surface area contributed by atoms with Crippen molar-refractivity contribution in [1.29, 1.82) is 0 Å². The molecule has 0 aliphatic heterocycles. The summed E-state index contributed by atoms with van der Waals surface area (Å²) in [5, 5.41) is 2.72. The van der Waals surface area contributed by atoms with E-state index >= 15 is 0 Å². The number of hydrogen-bond donors (Lipinski definition) is 2. The van der Waals surface area contributed by atoms with Crippen LogP contribution in [0, 0.1) is 0 Å². The van der Waals surface area contributed by atoms with E-state index in [-0.39, 0.29) is 17.1 Å². The lowest BCUT2D eigenvalue weighted by Crippen LogP contribution is -2.46. The molecule has 1 aromatic rings. The molecule has 152 valence electrons. The van der Waals surface area contributed by atoms with Crippen LogP contribution in [-0.4, -0.2) is 51.7 Å². The standard InChI is InChI=1S/C18H28N2O6S/c1-12(11-25-6)20-27(23,24)15-9-7-14(8-10-15)17(22)26-13(2)16(21)19-18(3,4)5/h7-10,12-13,20H,11H2,1-6H3,(H,19,21)/t12-,13+/m0/s1. The molecule has 0 saturated heterocycles. The van der Waals surface area contributed by atoms with Gasteiger partial charge in [-0.2, -0.15) is 0 Å². The van der Waals surface area contributed by atoms with E-state index in [1.165, 1.54) is 38.3 Å². The minimum atomic E-state index is -3.73. The maximum absolute atomic E-state index is 12.3. The van der Waals surface area contributed by atoms with Gasteiger partial charge < -0.3 is 14.8 Å². The second-order valence-corrected chi connectivity index (χ2v) is 9.00. The van der Waals surface area contributed by atoms with E-state index in [9.17, 15) is 18.0 Å². The predicted molar refractivity (Wildman–Crippen MR) is 101 cm³/mol. The normalized spacial score (nSPS) is 14.3. The fraction of sp³-hybridized carbons (Fsp3) is 0.556. The molecule has 1 amide bonds. The molecule has 9 heteroatoms. The average molecular weight is 400 g/mol. The Hall–Kier alpha value is -1.97. The van der Waals surface area contributed by atoms with Crippen LogP contribution in [0.5, 0.6) is 0 Å². The van der Waals surface area contributed by atoms with E-state index in [1.54, 1.807) is 6.92 Å². The monoisotopic (exact) mass is 400 g/mol. The molecule has 0 radical (unpaired) electrons. The maximum atomic E-state index is 12.3. The molecule has 0 unspecified atom stereocenters. The first-order valence-electron chi connectivity index (χ1n) is 8.50. The summed E-state index contributed by atoms with van der Waals surface area (Å²) in [6.07, 6.45) is -0.975. The molecule has 2 atom stereocenters. The molecule has 0 aliphatic carbocycles. The summed E-state index contributed by atoms with van der Waals surface area (Å²) in [6, 6.07) is 4.89. The quantitative estimate of drug-likeness (QED) is 0.639. The van der Waals surface area contributed by atoms with Crippen LogP contribution in [0.15, 0.2) is 29.2 Å². The molecule has 27 heavy (non-hydrogen) atoms. The molecule has 0 heterocycles. The van der Waals surface area contributed by atoms with Gasteiger partial charge in [-0.15, -0.1) is 0 Å². The van der Waals surface area contributed by atoms with E-state index in [0.717, 1.165) is 0 Å².